The average Bonchev–Trinajstić information content (AvgIpc) is 3.45. The highest BCUT2D eigenvalue weighted by atomic mass is 32.2. The number of benzene rings is 2. The second kappa shape index (κ2) is 8.42. The van der Waals surface area contributed by atoms with E-state index in [1.807, 2.05) is 36.4 Å². The van der Waals surface area contributed by atoms with Crippen molar-refractivity contribution < 1.29 is 22.7 Å². The Bertz CT molecular complexity index is 1770. The van der Waals surface area contributed by atoms with E-state index >= 15 is 0 Å². The van der Waals surface area contributed by atoms with Gasteiger partial charge in [0.05, 0.1) is 25.2 Å². The molecule has 1 amide bonds. The first kappa shape index (κ1) is 23.9. The van der Waals surface area contributed by atoms with E-state index in [2.05, 4.69) is 25.8 Å². The molecule has 3 aliphatic rings. The lowest BCUT2D eigenvalue weighted by Gasteiger charge is -2.29. The molecular weight excluding hydrogens is 520 g/mol. The third-order valence-corrected chi connectivity index (χ3v) is 9.91. The van der Waals surface area contributed by atoms with Crippen LogP contribution in [-0.2, 0) is 20.2 Å². The first-order valence-corrected chi connectivity index (χ1v) is 14.1. The van der Waals surface area contributed by atoms with E-state index in [-0.39, 0.29) is 16.7 Å². The molecule has 11 nitrogen and oxygen atoms in total. The summed E-state index contributed by atoms with van der Waals surface area (Å²) in [6.07, 6.45) is 2.91. The summed E-state index contributed by atoms with van der Waals surface area (Å²) < 4.78 is 37.8. The Morgan fingerprint density at radius 3 is 2.67 bits per heavy atom. The lowest BCUT2D eigenvalue weighted by Crippen LogP contribution is -2.41. The molecule has 2 fully saturated rings. The van der Waals surface area contributed by atoms with Gasteiger partial charge >= 0.3 is 0 Å². The SMILES string of the molecule is COc1ccc2c(c1)[C@]1(C[C@H]1c1ccc3c(Nc4ncc(S(=O)(=O)N5CCC5)cc4OC)n[nH]c3c1)C(=O)N2. The number of pyridine rings is 1. The van der Waals surface area contributed by atoms with Crippen molar-refractivity contribution in [2.24, 2.45) is 0 Å². The average molecular weight is 547 g/mol. The normalized spacial score (nSPS) is 21.9. The van der Waals surface area contributed by atoms with E-state index in [0.29, 0.717) is 30.5 Å². The monoisotopic (exact) mass is 546 g/mol. The van der Waals surface area contributed by atoms with Crippen LogP contribution in [0.5, 0.6) is 11.5 Å². The van der Waals surface area contributed by atoms with E-state index < -0.39 is 15.4 Å². The van der Waals surface area contributed by atoms with Crippen LogP contribution in [0.2, 0.25) is 0 Å². The Morgan fingerprint density at radius 2 is 1.92 bits per heavy atom. The standard InChI is InChI=1S/C27H26N6O5S/c1-37-16-5-7-21-19(11-16)27(26(34)29-21)13-20(27)15-4-6-18-22(10-15)31-32-24(18)30-25-23(38-2)12-17(14-28-25)39(35,36)33-8-3-9-33/h4-7,10-12,14,20H,3,8-9,13H2,1-2H3,(H,29,34)(H2,28,30,31,32)/t20-,27-/m0/s1. The Balaban J connectivity index is 1.16. The van der Waals surface area contributed by atoms with Crippen LogP contribution in [-0.4, -0.2) is 61.1 Å². The molecule has 0 radical (unpaired) electrons. The quantitative estimate of drug-likeness (QED) is 0.320. The number of hydrogen-bond acceptors (Lipinski definition) is 8. The third kappa shape index (κ3) is 3.51. The van der Waals surface area contributed by atoms with Gasteiger partial charge in [-0.3, -0.25) is 9.89 Å². The fourth-order valence-electron chi connectivity index (χ4n) is 5.65. The molecule has 39 heavy (non-hydrogen) atoms. The molecule has 1 saturated carbocycles. The number of anilines is 3. The summed E-state index contributed by atoms with van der Waals surface area (Å²) in [5, 5.41) is 14.5. The maximum absolute atomic E-state index is 13.0. The Hall–Kier alpha value is -4.16. The minimum absolute atomic E-state index is 0.0144. The Kier molecular flexibility index (Phi) is 5.16. The highest BCUT2D eigenvalue weighted by molar-refractivity contribution is 7.89. The van der Waals surface area contributed by atoms with Gasteiger partial charge < -0.3 is 20.1 Å². The largest absolute Gasteiger partial charge is 0.497 e. The molecule has 3 N–H and O–H groups in total. The third-order valence-electron chi connectivity index (χ3n) is 8.05. The van der Waals surface area contributed by atoms with Crippen LogP contribution < -0.4 is 20.1 Å². The number of rotatable bonds is 7. The summed E-state index contributed by atoms with van der Waals surface area (Å²) in [5.74, 6) is 1.96. The number of aromatic amines is 1. The van der Waals surface area contributed by atoms with Gasteiger partial charge in [-0.25, -0.2) is 13.4 Å². The van der Waals surface area contributed by atoms with Crippen molar-refractivity contribution in [1.82, 2.24) is 19.5 Å². The molecule has 2 atom stereocenters. The summed E-state index contributed by atoms with van der Waals surface area (Å²) in [6, 6.07) is 13.2. The van der Waals surface area contributed by atoms with E-state index in [4.69, 9.17) is 9.47 Å². The Labute approximate surface area is 224 Å². The van der Waals surface area contributed by atoms with Crippen LogP contribution in [0.4, 0.5) is 17.3 Å². The first-order valence-electron chi connectivity index (χ1n) is 12.6. The molecule has 4 aromatic rings. The van der Waals surface area contributed by atoms with Crippen molar-refractivity contribution in [2.45, 2.75) is 29.1 Å². The highest BCUT2D eigenvalue weighted by Crippen LogP contribution is 2.65. The number of nitrogens with zero attached hydrogens (tertiary/aromatic N) is 3. The van der Waals surface area contributed by atoms with Crippen LogP contribution in [0.1, 0.15) is 29.9 Å². The molecule has 0 unspecified atom stereocenters. The van der Waals surface area contributed by atoms with Gasteiger partial charge in [0.1, 0.15) is 10.6 Å². The molecule has 4 heterocycles. The van der Waals surface area contributed by atoms with E-state index in [9.17, 15) is 13.2 Å². The number of aromatic nitrogens is 3. The minimum atomic E-state index is -3.59. The van der Waals surface area contributed by atoms with Crippen LogP contribution in [0.25, 0.3) is 10.9 Å². The molecule has 7 rings (SSSR count). The van der Waals surface area contributed by atoms with Crippen LogP contribution in [0.15, 0.2) is 53.6 Å². The number of H-pyrrole nitrogens is 1. The fourth-order valence-corrected chi connectivity index (χ4v) is 7.13. The first-order chi connectivity index (χ1) is 18.8. The summed E-state index contributed by atoms with van der Waals surface area (Å²) in [5.41, 5.74) is 3.06. The second-order valence-electron chi connectivity index (χ2n) is 10.1. The smallest absolute Gasteiger partial charge is 0.244 e. The summed E-state index contributed by atoms with van der Waals surface area (Å²) in [7, 11) is -0.497. The number of methoxy groups -OCH3 is 2. The van der Waals surface area contributed by atoms with Gasteiger partial charge in [0.25, 0.3) is 0 Å². The number of amides is 1. The zero-order chi connectivity index (χ0) is 26.9. The number of carbonyl (C=O) groups is 1. The van der Waals surface area contributed by atoms with Gasteiger partial charge in [-0.1, -0.05) is 6.07 Å². The molecule has 200 valence electrons. The lowest BCUT2D eigenvalue weighted by molar-refractivity contribution is -0.118. The van der Waals surface area contributed by atoms with Crippen LogP contribution in [0, 0.1) is 0 Å². The molecule has 12 heteroatoms. The zero-order valence-electron chi connectivity index (χ0n) is 21.3. The van der Waals surface area contributed by atoms with Crippen molar-refractivity contribution in [3.05, 3.63) is 59.8 Å². The van der Waals surface area contributed by atoms with Gasteiger partial charge in [0.2, 0.25) is 15.9 Å². The molecular formula is C27H26N6O5S. The number of hydrogen-bond donors (Lipinski definition) is 3. The van der Waals surface area contributed by atoms with Crippen molar-refractivity contribution in [3.63, 3.8) is 0 Å². The van der Waals surface area contributed by atoms with Gasteiger partial charge in [0, 0.05) is 42.3 Å². The number of fused-ring (bicyclic) bond motifs is 3. The van der Waals surface area contributed by atoms with Gasteiger partial charge in [-0.15, -0.1) is 0 Å². The summed E-state index contributed by atoms with van der Waals surface area (Å²) in [4.78, 5) is 17.5. The molecule has 1 saturated heterocycles. The summed E-state index contributed by atoms with van der Waals surface area (Å²) in [6.45, 7) is 1.03. The predicted octanol–water partition coefficient (Wildman–Crippen LogP) is 3.49. The van der Waals surface area contributed by atoms with Crippen molar-refractivity contribution >= 4 is 44.2 Å². The maximum Gasteiger partial charge on any atom is 0.244 e. The predicted molar refractivity (Wildman–Crippen MR) is 144 cm³/mol. The minimum Gasteiger partial charge on any atom is -0.497 e. The van der Waals surface area contributed by atoms with Crippen molar-refractivity contribution in [2.75, 3.05) is 37.9 Å². The van der Waals surface area contributed by atoms with E-state index in [1.54, 1.807) is 7.11 Å². The van der Waals surface area contributed by atoms with Gasteiger partial charge in [-0.2, -0.15) is 9.40 Å². The van der Waals surface area contributed by atoms with Gasteiger partial charge in [-0.05, 0) is 54.3 Å². The molecule has 2 aliphatic heterocycles. The molecule has 0 bridgehead atoms. The molecule has 2 aromatic heterocycles. The Morgan fingerprint density at radius 1 is 1.08 bits per heavy atom. The number of carbonyl (C=O) groups excluding carboxylic acids is 1. The molecule has 1 aliphatic carbocycles. The highest BCUT2D eigenvalue weighted by Gasteiger charge is 2.65. The zero-order valence-corrected chi connectivity index (χ0v) is 22.1. The fraction of sp³-hybridized carbons (Fsp3) is 0.296. The number of sulfonamides is 1. The summed E-state index contributed by atoms with van der Waals surface area (Å²) >= 11 is 0. The maximum atomic E-state index is 13.0. The second-order valence-corrected chi connectivity index (χ2v) is 12.0. The molecule has 1 spiro atoms. The van der Waals surface area contributed by atoms with Gasteiger partial charge in [0.15, 0.2) is 17.4 Å². The van der Waals surface area contributed by atoms with E-state index in [1.165, 1.54) is 23.7 Å². The number of ether oxygens (including phenoxy) is 2. The topological polar surface area (TPSA) is 139 Å². The molecule has 2 aromatic carbocycles. The van der Waals surface area contributed by atoms with E-state index in [0.717, 1.165) is 46.3 Å². The van der Waals surface area contributed by atoms with Crippen molar-refractivity contribution in [3.8, 4) is 11.5 Å². The van der Waals surface area contributed by atoms with Crippen LogP contribution in [0.3, 0.4) is 0 Å². The van der Waals surface area contributed by atoms with Crippen molar-refractivity contribution in [1.29, 1.82) is 0 Å². The van der Waals surface area contributed by atoms with Crippen LogP contribution >= 0.6 is 0 Å². The lowest BCUT2D eigenvalue weighted by atomic mass is 9.91. The number of nitrogens with one attached hydrogen (secondary N) is 3.